The molecule has 118 valence electrons. The van der Waals surface area contributed by atoms with Crippen molar-refractivity contribution in [3.8, 4) is 34.0 Å². The van der Waals surface area contributed by atoms with Crippen LogP contribution in [0.1, 0.15) is 19.8 Å². The van der Waals surface area contributed by atoms with Crippen molar-refractivity contribution in [3.05, 3.63) is 60.7 Å². The lowest BCUT2D eigenvalue weighted by Crippen LogP contribution is -1.96. The summed E-state index contributed by atoms with van der Waals surface area (Å²) < 4.78 is 1.61. The predicted octanol–water partition coefficient (Wildman–Crippen LogP) is 5.03. The van der Waals surface area contributed by atoms with Gasteiger partial charge in [0.1, 0.15) is 0 Å². The SMILES string of the molecule is CCCCn1c(O)c(-c2ccccc2)c(-c2ccccc2)c1O. The zero-order valence-electron chi connectivity index (χ0n) is 13.2. The van der Waals surface area contributed by atoms with Crippen molar-refractivity contribution in [3.63, 3.8) is 0 Å². The van der Waals surface area contributed by atoms with Gasteiger partial charge in [-0.1, -0.05) is 74.0 Å². The van der Waals surface area contributed by atoms with E-state index in [-0.39, 0.29) is 11.8 Å². The first kappa shape index (κ1) is 15.2. The second kappa shape index (κ2) is 6.61. The average Bonchev–Trinajstić information content (AvgIpc) is 2.85. The highest BCUT2D eigenvalue weighted by Crippen LogP contribution is 2.47. The number of nitrogens with zero attached hydrogens (tertiary/aromatic N) is 1. The highest BCUT2D eigenvalue weighted by atomic mass is 16.3. The van der Waals surface area contributed by atoms with Crippen LogP contribution in [0.15, 0.2) is 60.7 Å². The molecule has 2 N–H and O–H groups in total. The minimum Gasteiger partial charge on any atom is -0.494 e. The summed E-state index contributed by atoms with van der Waals surface area (Å²) in [6.07, 6.45) is 1.90. The van der Waals surface area contributed by atoms with Crippen LogP contribution >= 0.6 is 0 Å². The predicted molar refractivity (Wildman–Crippen MR) is 93.5 cm³/mol. The van der Waals surface area contributed by atoms with E-state index in [4.69, 9.17) is 0 Å². The molecule has 0 spiro atoms. The van der Waals surface area contributed by atoms with Crippen molar-refractivity contribution in [2.24, 2.45) is 0 Å². The van der Waals surface area contributed by atoms with Crippen molar-refractivity contribution in [1.29, 1.82) is 0 Å². The molecule has 1 heterocycles. The van der Waals surface area contributed by atoms with Gasteiger partial charge in [-0.05, 0) is 17.5 Å². The quantitative estimate of drug-likeness (QED) is 0.694. The fraction of sp³-hybridized carbons (Fsp3) is 0.200. The van der Waals surface area contributed by atoms with E-state index in [0.29, 0.717) is 17.7 Å². The molecule has 0 radical (unpaired) electrons. The Balaban J connectivity index is 2.24. The molecule has 0 unspecified atom stereocenters. The van der Waals surface area contributed by atoms with Gasteiger partial charge >= 0.3 is 0 Å². The third kappa shape index (κ3) is 2.82. The fourth-order valence-electron chi connectivity index (χ4n) is 2.88. The van der Waals surface area contributed by atoms with Crippen LogP contribution in [0.5, 0.6) is 11.8 Å². The Morgan fingerprint density at radius 3 is 1.57 bits per heavy atom. The van der Waals surface area contributed by atoms with E-state index in [1.807, 2.05) is 60.7 Å². The highest BCUT2D eigenvalue weighted by molar-refractivity contribution is 5.91. The lowest BCUT2D eigenvalue weighted by molar-refractivity contribution is 0.365. The molecule has 3 aromatic rings. The Kier molecular flexibility index (Phi) is 4.38. The number of aromatic hydroxyl groups is 2. The van der Waals surface area contributed by atoms with Crippen molar-refractivity contribution in [1.82, 2.24) is 4.57 Å². The topological polar surface area (TPSA) is 45.4 Å². The van der Waals surface area contributed by atoms with Crippen molar-refractivity contribution in [2.45, 2.75) is 26.3 Å². The molecule has 0 aliphatic rings. The molecular weight excluding hydrogens is 286 g/mol. The summed E-state index contributed by atoms with van der Waals surface area (Å²) in [5.74, 6) is 0.252. The maximum absolute atomic E-state index is 10.7. The normalized spacial score (nSPS) is 10.8. The van der Waals surface area contributed by atoms with E-state index < -0.39 is 0 Å². The summed E-state index contributed by atoms with van der Waals surface area (Å²) in [6.45, 7) is 2.69. The molecule has 0 atom stereocenters. The molecule has 0 fully saturated rings. The minimum absolute atomic E-state index is 0.126. The van der Waals surface area contributed by atoms with Crippen LogP contribution in [-0.2, 0) is 6.54 Å². The second-order valence-corrected chi connectivity index (χ2v) is 5.63. The van der Waals surface area contributed by atoms with Gasteiger partial charge in [-0.3, -0.25) is 4.57 Å². The lowest BCUT2D eigenvalue weighted by atomic mass is 9.98. The Bertz CT molecular complexity index is 713. The first-order valence-electron chi connectivity index (χ1n) is 7.99. The van der Waals surface area contributed by atoms with Crippen LogP contribution in [-0.4, -0.2) is 14.8 Å². The van der Waals surface area contributed by atoms with E-state index in [0.717, 1.165) is 24.0 Å². The van der Waals surface area contributed by atoms with Gasteiger partial charge in [0.25, 0.3) is 0 Å². The van der Waals surface area contributed by atoms with Crippen LogP contribution in [0.2, 0.25) is 0 Å². The molecule has 0 amide bonds. The minimum atomic E-state index is 0.126. The molecule has 0 saturated carbocycles. The van der Waals surface area contributed by atoms with E-state index in [2.05, 4.69) is 6.92 Å². The summed E-state index contributed by atoms with van der Waals surface area (Å²) in [6, 6.07) is 19.4. The van der Waals surface area contributed by atoms with Crippen LogP contribution in [0.4, 0.5) is 0 Å². The summed E-state index contributed by atoms with van der Waals surface area (Å²) in [7, 11) is 0. The van der Waals surface area contributed by atoms with Crippen molar-refractivity contribution < 1.29 is 10.2 Å². The second-order valence-electron chi connectivity index (χ2n) is 5.63. The molecule has 3 rings (SSSR count). The Morgan fingerprint density at radius 1 is 0.739 bits per heavy atom. The van der Waals surface area contributed by atoms with Gasteiger partial charge in [0.15, 0.2) is 0 Å². The van der Waals surface area contributed by atoms with Crippen molar-refractivity contribution >= 4 is 0 Å². The standard InChI is InChI=1S/C20H21NO2/c1-2-3-14-21-19(22)17(15-10-6-4-7-11-15)18(20(21)23)16-12-8-5-9-13-16/h4-13,22-23H,2-3,14H2,1H3. The number of benzene rings is 2. The first-order valence-corrected chi connectivity index (χ1v) is 7.99. The molecular formula is C20H21NO2. The maximum Gasteiger partial charge on any atom is 0.202 e. The largest absolute Gasteiger partial charge is 0.494 e. The van der Waals surface area contributed by atoms with E-state index >= 15 is 0 Å². The highest BCUT2D eigenvalue weighted by Gasteiger charge is 2.24. The first-order chi connectivity index (χ1) is 11.2. The number of aromatic nitrogens is 1. The number of unbranched alkanes of at least 4 members (excludes halogenated alkanes) is 1. The van der Waals surface area contributed by atoms with E-state index in [9.17, 15) is 10.2 Å². The van der Waals surface area contributed by atoms with Gasteiger partial charge in [-0.15, -0.1) is 0 Å². The number of hydrogen-bond donors (Lipinski definition) is 2. The monoisotopic (exact) mass is 307 g/mol. The Hall–Kier alpha value is -2.68. The Morgan fingerprint density at radius 2 is 1.17 bits per heavy atom. The van der Waals surface area contributed by atoms with Gasteiger partial charge in [-0.25, -0.2) is 0 Å². The van der Waals surface area contributed by atoms with Gasteiger partial charge in [0, 0.05) is 6.54 Å². The molecule has 0 saturated heterocycles. The molecule has 0 bridgehead atoms. The van der Waals surface area contributed by atoms with Crippen LogP contribution in [0.3, 0.4) is 0 Å². The van der Waals surface area contributed by atoms with Crippen molar-refractivity contribution in [2.75, 3.05) is 0 Å². The summed E-state index contributed by atoms with van der Waals surface area (Å²) in [5.41, 5.74) is 3.17. The summed E-state index contributed by atoms with van der Waals surface area (Å²) in [5, 5.41) is 21.5. The maximum atomic E-state index is 10.7. The smallest absolute Gasteiger partial charge is 0.202 e. The van der Waals surface area contributed by atoms with Gasteiger partial charge in [0.2, 0.25) is 11.8 Å². The lowest BCUT2D eigenvalue weighted by Gasteiger charge is -2.05. The molecule has 3 heteroatoms. The van der Waals surface area contributed by atoms with Crippen LogP contribution in [0, 0.1) is 0 Å². The molecule has 2 aromatic carbocycles. The average molecular weight is 307 g/mol. The third-order valence-corrected chi connectivity index (χ3v) is 4.07. The summed E-state index contributed by atoms with van der Waals surface area (Å²) >= 11 is 0. The van der Waals surface area contributed by atoms with E-state index in [1.54, 1.807) is 4.57 Å². The molecule has 0 aliphatic heterocycles. The van der Waals surface area contributed by atoms with Gasteiger partial charge < -0.3 is 10.2 Å². The third-order valence-electron chi connectivity index (χ3n) is 4.07. The summed E-state index contributed by atoms with van der Waals surface area (Å²) in [4.78, 5) is 0. The molecule has 0 aliphatic carbocycles. The number of hydrogen-bond acceptors (Lipinski definition) is 2. The number of rotatable bonds is 5. The zero-order chi connectivity index (χ0) is 16.2. The zero-order valence-corrected chi connectivity index (χ0v) is 13.2. The van der Waals surface area contributed by atoms with Gasteiger partial charge in [0.05, 0.1) is 11.1 Å². The van der Waals surface area contributed by atoms with Gasteiger partial charge in [-0.2, -0.15) is 0 Å². The van der Waals surface area contributed by atoms with Crippen LogP contribution in [0.25, 0.3) is 22.3 Å². The van der Waals surface area contributed by atoms with Crippen LogP contribution < -0.4 is 0 Å². The van der Waals surface area contributed by atoms with E-state index in [1.165, 1.54) is 0 Å². The molecule has 1 aromatic heterocycles. The molecule has 23 heavy (non-hydrogen) atoms. The fourth-order valence-corrected chi connectivity index (χ4v) is 2.88. The Labute approximate surface area is 136 Å². The molecule has 3 nitrogen and oxygen atoms in total.